The molecule has 0 aromatic heterocycles. The zero-order valence-electron chi connectivity index (χ0n) is 9.59. The summed E-state index contributed by atoms with van der Waals surface area (Å²) in [5.41, 5.74) is 0.632. The maximum atomic E-state index is 11.6. The van der Waals surface area contributed by atoms with E-state index < -0.39 is 0 Å². The predicted molar refractivity (Wildman–Crippen MR) is 68.0 cm³/mol. The molecule has 0 saturated heterocycles. The van der Waals surface area contributed by atoms with Gasteiger partial charge in [-0.05, 0) is 25.0 Å². The molecule has 88 valence electrons. The number of urea groups is 1. The minimum Gasteiger partial charge on any atom is -0.335 e. The number of benzene rings is 1. The quantitative estimate of drug-likeness (QED) is 0.829. The Hall–Kier alpha value is -1.22. The van der Waals surface area contributed by atoms with Gasteiger partial charge < -0.3 is 10.6 Å². The summed E-state index contributed by atoms with van der Waals surface area (Å²) in [6.07, 6.45) is 1.85. The number of nitrogens with one attached hydrogen (secondary N) is 2. The molecule has 1 rings (SSSR count). The zero-order valence-corrected chi connectivity index (χ0v) is 10.3. The maximum Gasteiger partial charge on any atom is 0.319 e. The van der Waals surface area contributed by atoms with Crippen molar-refractivity contribution < 1.29 is 4.79 Å². The average Bonchev–Trinajstić information content (AvgIpc) is 2.29. The third kappa shape index (κ3) is 3.74. The molecule has 0 bridgehead atoms. The number of carbonyl (C=O) groups excluding carboxylic acids is 1. The number of halogens is 1. The molecule has 1 aromatic rings. The van der Waals surface area contributed by atoms with Crippen molar-refractivity contribution in [3.05, 3.63) is 29.3 Å². The Bertz CT molecular complexity index is 351. The van der Waals surface area contributed by atoms with Crippen LogP contribution in [0.25, 0.3) is 0 Å². The zero-order chi connectivity index (χ0) is 12.0. The molecule has 0 aliphatic carbocycles. The van der Waals surface area contributed by atoms with Crippen molar-refractivity contribution in [2.75, 3.05) is 5.32 Å². The molecular weight excluding hydrogens is 224 g/mol. The summed E-state index contributed by atoms with van der Waals surface area (Å²) in [6, 6.07) is 7.18. The van der Waals surface area contributed by atoms with E-state index in [2.05, 4.69) is 10.6 Å². The predicted octanol–water partition coefficient (Wildman–Crippen LogP) is 3.65. The van der Waals surface area contributed by atoms with Gasteiger partial charge in [-0.2, -0.15) is 0 Å². The van der Waals surface area contributed by atoms with Gasteiger partial charge in [0.2, 0.25) is 0 Å². The Morgan fingerprint density at radius 2 is 1.94 bits per heavy atom. The van der Waals surface area contributed by atoms with Gasteiger partial charge in [0, 0.05) is 6.04 Å². The van der Waals surface area contributed by atoms with Crippen LogP contribution in [-0.4, -0.2) is 12.1 Å². The van der Waals surface area contributed by atoms with Gasteiger partial charge in [-0.25, -0.2) is 4.79 Å². The second-order valence-electron chi connectivity index (χ2n) is 3.59. The molecule has 2 N–H and O–H groups in total. The number of amides is 2. The van der Waals surface area contributed by atoms with Gasteiger partial charge in [-0.15, -0.1) is 0 Å². The van der Waals surface area contributed by atoms with Gasteiger partial charge in [0.05, 0.1) is 10.7 Å². The fraction of sp³-hybridized carbons (Fsp3) is 0.417. The van der Waals surface area contributed by atoms with Gasteiger partial charge in [-0.3, -0.25) is 0 Å². The minimum atomic E-state index is -0.207. The number of hydrogen-bond donors (Lipinski definition) is 2. The van der Waals surface area contributed by atoms with Crippen molar-refractivity contribution in [2.24, 2.45) is 0 Å². The van der Waals surface area contributed by atoms with Crippen molar-refractivity contribution in [2.45, 2.75) is 32.7 Å². The normalized spacial score (nSPS) is 10.2. The molecule has 2 amide bonds. The highest BCUT2D eigenvalue weighted by molar-refractivity contribution is 6.33. The first-order valence-corrected chi connectivity index (χ1v) is 5.87. The van der Waals surface area contributed by atoms with Gasteiger partial charge in [0.25, 0.3) is 0 Å². The maximum absolute atomic E-state index is 11.6. The topological polar surface area (TPSA) is 41.1 Å². The first kappa shape index (κ1) is 12.8. The van der Waals surface area contributed by atoms with Crippen LogP contribution in [-0.2, 0) is 0 Å². The smallest absolute Gasteiger partial charge is 0.319 e. The van der Waals surface area contributed by atoms with Crippen LogP contribution in [0.5, 0.6) is 0 Å². The van der Waals surface area contributed by atoms with E-state index in [1.807, 2.05) is 26.0 Å². The van der Waals surface area contributed by atoms with Crippen LogP contribution in [0.15, 0.2) is 24.3 Å². The third-order valence-corrected chi connectivity index (χ3v) is 2.77. The molecule has 3 nitrogen and oxygen atoms in total. The second kappa shape index (κ2) is 6.38. The first-order chi connectivity index (χ1) is 7.67. The fourth-order valence-electron chi connectivity index (χ4n) is 1.40. The van der Waals surface area contributed by atoms with Crippen molar-refractivity contribution in [1.29, 1.82) is 0 Å². The molecule has 0 aliphatic rings. The lowest BCUT2D eigenvalue weighted by molar-refractivity contribution is 0.247. The van der Waals surface area contributed by atoms with Crippen molar-refractivity contribution in [1.82, 2.24) is 5.32 Å². The molecule has 1 aromatic carbocycles. The summed E-state index contributed by atoms with van der Waals surface area (Å²) in [5, 5.41) is 6.15. The van der Waals surface area contributed by atoms with Gasteiger partial charge in [0.15, 0.2) is 0 Å². The van der Waals surface area contributed by atoms with E-state index in [0.29, 0.717) is 10.7 Å². The summed E-state index contributed by atoms with van der Waals surface area (Å²) in [7, 11) is 0. The fourth-order valence-corrected chi connectivity index (χ4v) is 1.58. The molecule has 16 heavy (non-hydrogen) atoms. The number of hydrogen-bond acceptors (Lipinski definition) is 1. The molecule has 0 aliphatic heterocycles. The van der Waals surface area contributed by atoms with E-state index in [4.69, 9.17) is 11.6 Å². The summed E-state index contributed by atoms with van der Waals surface area (Å²) in [6.45, 7) is 4.09. The van der Waals surface area contributed by atoms with E-state index in [1.165, 1.54) is 0 Å². The molecule has 0 fully saturated rings. The second-order valence-corrected chi connectivity index (χ2v) is 4.00. The van der Waals surface area contributed by atoms with Gasteiger partial charge >= 0.3 is 6.03 Å². The Morgan fingerprint density at radius 1 is 1.31 bits per heavy atom. The van der Waals surface area contributed by atoms with E-state index in [-0.39, 0.29) is 12.1 Å². The lowest BCUT2D eigenvalue weighted by Crippen LogP contribution is -2.37. The third-order valence-electron chi connectivity index (χ3n) is 2.44. The van der Waals surface area contributed by atoms with Crippen molar-refractivity contribution >= 4 is 23.3 Å². The molecular formula is C12H17ClN2O. The molecule has 0 unspecified atom stereocenters. The summed E-state index contributed by atoms with van der Waals surface area (Å²) < 4.78 is 0. The van der Waals surface area contributed by atoms with E-state index in [1.54, 1.807) is 12.1 Å². The number of carbonyl (C=O) groups is 1. The summed E-state index contributed by atoms with van der Waals surface area (Å²) in [5.74, 6) is 0. The monoisotopic (exact) mass is 240 g/mol. The average molecular weight is 241 g/mol. The number of rotatable bonds is 4. The molecule has 4 heteroatoms. The molecule has 0 saturated carbocycles. The first-order valence-electron chi connectivity index (χ1n) is 5.49. The van der Waals surface area contributed by atoms with Gasteiger partial charge in [0.1, 0.15) is 0 Å². The van der Waals surface area contributed by atoms with Crippen LogP contribution < -0.4 is 10.6 Å². The standard InChI is InChI=1S/C12H17ClN2O/c1-3-9(4-2)14-12(16)15-11-8-6-5-7-10(11)13/h5-9H,3-4H2,1-2H3,(H2,14,15,16). The largest absolute Gasteiger partial charge is 0.335 e. The van der Waals surface area contributed by atoms with Crippen molar-refractivity contribution in [3.63, 3.8) is 0 Å². The highest BCUT2D eigenvalue weighted by atomic mass is 35.5. The molecule has 0 radical (unpaired) electrons. The number of para-hydroxylation sites is 1. The van der Waals surface area contributed by atoms with E-state index in [9.17, 15) is 4.79 Å². The van der Waals surface area contributed by atoms with E-state index >= 15 is 0 Å². The van der Waals surface area contributed by atoms with Crippen LogP contribution in [0.3, 0.4) is 0 Å². The van der Waals surface area contributed by atoms with Crippen molar-refractivity contribution in [3.8, 4) is 0 Å². The lowest BCUT2D eigenvalue weighted by atomic mass is 10.2. The number of anilines is 1. The Balaban J connectivity index is 2.55. The van der Waals surface area contributed by atoms with Crippen LogP contribution in [0.1, 0.15) is 26.7 Å². The summed E-state index contributed by atoms with van der Waals surface area (Å²) >= 11 is 5.93. The molecule has 0 heterocycles. The summed E-state index contributed by atoms with van der Waals surface area (Å²) in [4.78, 5) is 11.6. The Morgan fingerprint density at radius 3 is 2.50 bits per heavy atom. The molecule has 0 spiro atoms. The lowest BCUT2D eigenvalue weighted by Gasteiger charge is -2.15. The van der Waals surface area contributed by atoms with Crippen LogP contribution in [0.4, 0.5) is 10.5 Å². The SMILES string of the molecule is CCC(CC)NC(=O)Nc1ccccc1Cl. The van der Waals surface area contributed by atoms with Crippen LogP contribution in [0, 0.1) is 0 Å². The molecule has 0 atom stereocenters. The van der Waals surface area contributed by atoms with Gasteiger partial charge in [-0.1, -0.05) is 37.6 Å². The van der Waals surface area contributed by atoms with Crippen LogP contribution in [0.2, 0.25) is 5.02 Å². The Labute approximate surface area is 101 Å². The highest BCUT2D eigenvalue weighted by Crippen LogP contribution is 2.20. The highest BCUT2D eigenvalue weighted by Gasteiger charge is 2.09. The Kier molecular flexibility index (Phi) is 5.12. The van der Waals surface area contributed by atoms with E-state index in [0.717, 1.165) is 12.8 Å². The minimum absolute atomic E-state index is 0.207. The van der Waals surface area contributed by atoms with Crippen LogP contribution >= 0.6 is 11.6 Å².